The van der Waals surface area contributed by atoms with Crippen LogP contribution in [0.3, 0.4) is 0 Å². The molecule has 0 aromatic heterocycles. The summed E-state index contributed by atoms with van der Waals surface area (Å²) in [5, 5.41) is 0. The third-order valence-corrected chi connectivity index (χ3v) is 3.56. The summed E-state index contributed by atoms with van der Waals surface area (Å²) in [7, 11) is 1.48. The van der Waals surface area contributed by atoms with Crippen LogP contribution in [-0.4, -0.2) is 26.0 Å². The van der Waals surface area contributed by atoms with E-state index in [2.05, 4.69) is 0 Å². The SMILES string of the molecule is COC1OCC(C(=O)c2ccccc2)(c2ccccc2)O1. The van der Waals surface area contributed by atoms with Crippen LogP contribution >= 0.6 is 0 Å². The molecule has 3 rings (SSSR count). The van der Waals surface area contributed by atoms with Gasteiger partial charge in [-0.25, -0.2) is 0 Å². The molecular weight excluding hydrogens is 268 g/mol. The minimum atomic E-state index is -1.16. The Bertz CT molecular complexity index is 611. The lowest BCUT2D eigenvalue weighted by Crippen LogP contribution is -2.39. The van der Waals surface area contributed by atoms with Crippen LogP contribution in [0.15, 0.2) is 60.7 Å². The monoisotopic (exact) mass is 284 g/mol. The van der Waals surface area contributed by atoms with E-state index in [9.17, 15) is 4.79 Å². The first-order valence-electron chi connectivity index (χ1n) is 6.74. The molecule has 2 atom stereocenters. The smallest absolute Gasteiger partial charge is 0.272 e. The molecule has 4 nitrogen and oxygen atoms in total. The molecule has 0 bridgehead atoms. The summed E-state index contributed by atoms with van der Waals surface area (Å²) < 4.78 is 16.3. The Morgan fingerprint density at radius 3 is 2.29 bits per heavy atom. The topological polar surface area (TPSA) is 44.8 Å². The van der Waals surface area contributed by atoms with Crippen molar-refractivity contribution in [2.24, 2.45) is 0 Å². The van der Waals surface area contributed by atoms with Gasteiger partial charge in [-0.2, -0.15) is 0 Å². The second kappa shape index (κ2) is 5.77. The fourth-order valence-corrected chi connectivity index (χ4v) is 2.47. The normalized spacial score (nSPS) is 24.9. The van der Waals surface area contributed by atoms with E-state index < -0.39 is 12.1 Å². The van der Waals surface area contributed by atoms with Crippen molar-refractivity contribution in [1.29, 1.82) is 0 Å². The molecule has 1 aliphatic rings. The van der Waals surface area contributed by atoms with Crippen molar-refractivity contribution < 1.29 is 19.0 Å². The highest BCUT2D eigenvalue weighted by molar-refractivity contribution is 6.03. The number of Topliss-reactive ketones (excluding diaryl/α,β-unsaturated/α-hetero) is 1. The lowest BCUT2D eigenvalue weighted by Gasteiger charge is -2.26. The first-order chi connectivity index (χ1) is 10.3. The van der Waals surface area contributed by atoms with Gasteiger partial charge in [0.2, 0.25) is 5.78 Å². The second-order valence-corrected chi connectivity index (χ2v) is 4.84. The van der Waals surface area contributed by atoms with Gasteiger partial charge in [-0.3, -0.25) is 4.79 Å². The Labute approximate surface area is 123 Å². The van der Waals surface area contributed by atoms with E-state index in [1.54, 1.807) is 12.1 Å². The van der Waals surface area contributed by atoms with Crippen LogP contribution in [0, 0.1) is 0 Å². The summed E-state index contributed by atoms with van der Waals surface area (Å²) in [5.74, 6) is -0.131. The summed E-state index contributed by atoms with van der Waals surface area (Å²) in [5.41, 5.74) is 0.184. The lowest BCUT2D eigenvalue weighted by atomic mass is 9.86. The van der Waals surface area contributed by atoms with E-state index in [4.69, 9.17) is 14.2 Å². The number of carbonyl (C=O) groups excluding carboxylic acids is 1. The molecule has 1 aliphatic heterocycles. The van der Waals surface area contributed by atoms with Crippen molar-refractivity contribution in [3.63, 3.8) is 0 Å². The molecule has 0 saturated carbocycles. The molecule has 0 N–H and O–H groups in total. The number of carbonyl (C=O) groups is 1. The maximum absolute atomic E-state index is 13.0. The molecule has 1 heterocycles. The fourth-order valence-electron chi connectivity index (χ4n) is 2.47. The fraction of sp³-hybridized carbons (Fsp3) is 0.235. The van der Waals surface area contributed by atoms with E-state index in [-0.39, 0.29) is 12.4 Å². The van der Waals surface area contributed by atoms with Gasteiger partial charge in [0.25, 0.3) is 6.48 Å². The standard InChI is InChI=1S/C17H16O4/c1-19-16-20-12-17(21-16,14-10-6-3-7-11-14)15(18)13-8-4-2-5-9-13/h2-11,16H,12H2,1H3. The molecule has 21 heavy (non-hydrogen) atoms. The molecule has 0 spiro atoms. The summed E-state index contributed by atoms with van der Waals surface area (Å²) in [4.78, 5) is 13.0. The Morgan fingerprint density at radius 2 is 1.71 bits per heavy atom. The van der Waals surface area contributed by atoms with Crippen molar-refractivity contribution in [2.75, 3.05) is 13.7 Å². The van der Waals surface area contributed by atoms with Crippen LogP contribution in [0.1, 0.15) is 15.9 Å². The number of ketones is 1. The Morgan fingerprint density at radius 1 is 1.10 bits per heavy atom. The number of hydrogen-bond donors (Lipinski definition) is 0. The van der Waals surface area contributed by atoms with Crippen LogP contribution in [0.5, 0.6) is 0 Å². The third kappa shape index (κ3) is 2.49. The molecule has 0 amide bonds. The Hall–Kier alpha value is -2.01. The average molecular weight is 284 g/mol. The van der Waals surface area contributed by atoms with Gasteiger partial charge in [-0.05, 0) is 5.56 Å². The van der Waals surface area contributed by atoms with Crippen LogP contribution in [-0.2, 0) is 19.8 Å². The quantitative estimate of drug-likeness (QED) is 0.810. The van der Waals surface area contributed by atoms with E-state index in [1.807, 2.05) is 48.5 Å². The molecule has 0 radical (unpaired) electrons. The van der Waals surface area contributed by atoms with Crippen LogP contribution < -0.4 is 0 Å². The predicted octanol–water partition coefficient (Wildman–Crippen LogP) is 2.74. The summed E-state index contributed by atoms with van der Waals surface area (Å²) >= 11 is 0. The van der Waals surface area contributed by atoms with Crippen LogP contribution in [0.2, 0.25) is 0 Å². The van der Waals surface area contributed by atoms with Crippen molar-refractivity contribution in [3.05, 3.63) is 71.8 Å². The Balaban J connectivity index is 2.04. The zero-order valence-electron chi connectivity index (χ0n) is 11.7. The highest BCUT2D eigenvalue weighted by Gasteiger charge is 2.49. The lowest BCUT2D eigenvalue weighted by molar-refractivity contribution is -0.231. The maximum Gasteiger partial charge on any atom is 0.272 e. The third-order valence-electron chi connectivity index (χ3n) is 3.56. The molecule has 1 saturated heterocycles. The van der Waals surface area contributed by atoms with Crippen molar-refractivity contribution in [3.8, 4) is 0 Å². The maximum atomic E-state index is 13.0. The van der Waals surface area contributed by atoms with E-state index in [0.717, 1.165) is 5.56 Å². The van der Waals surface area contributed by atoms with Crippen molar-refractivity contribution in [2.45, 2.75) is 12.1 Å². The molecular formula is C17H16O4. The zero-order valence-corrected chi connectivity index (χ0v) is 11.7. The van der Waals surface area contributed by atoms with Gasteiger partial charge in [0.15, 0.2) is 5.60 Å². The largest absolute Gasteiger partial charge is 0.333 e. The molecule has 2 unspecified atom stereocenters. The number of ether oxygens (including phenoxy) is 3. The molecule has 4 heteroatoms. The first-order valence-corrected chi connectivity index (χ1v) is 6.74. The molecule has 1 fully saturated rings. The van der Waals surface area contributed by atoms with Crippen LogP contribution in [0.25, 0.3) is 0 Å². The highest BCUT2D eigenvalue weighted by atomic mass is 16.9. The zero-order chi connectivity index (χ0) is 14.7. The first kappa shape index (κ1) is 13.9. The van der Waals surface area contributed by atoms with E-state index in [1.165, 1.54) is 7.11 Å². The molecule has 0 aliphatic carbocycles. The summed E-state index contributed by atoms with van der Waals surface area (Å²) in [6.45, 7) is -0.707. The average Bonchev–Trinajstić information content (AvgIpc) is 3.01. The minimum Gasteiger partial charge on any atom is -0.333 e. The summed E-state index contributed by atoms with van der Waals surface area (Å²) in [6, 6.07) is 18.4. The van der Waals surface area contributed by atoms with Crippen molar-refractivity contribution in [1.82, 2.24) is 0 Å². The van der Waals surface area contributed by atoms with Crippen LogP contribution in [0.4, 0.5) is 0 Å². The minimum absolute atomic E-state index is 0.128. The second-order valence-electron chi connectivity index (χ2n) is 4.84. The number of hydrogen-bond acceptors (Lipinski definition) is 4. The molecule has 2 aromatic rings. The number of rotatable bonds is 4. The highest BCUT2D eigenvalue weighted by Crippen LogP contribution is 2.37. The Kier molecular flexibility index (Phi) is 3.84. The van der Waals surface area contributed by atoms with Gasteiger partial charge in [0.1, 0.15) is 0 Å². The molecule has 108 valence electrons. The van der Waals surface area contributed by atoms with Gasteiger partial charge in [-0.15, -0.1) is 0 Å². The van der Waals surface area contributed by atoms with Crippen molar-refractivity contribution >= 4 is 5.78 Å². The van der Waals surface area contributed by atoms with Gasteiger partial charge >= 0.3 is 0 Å². The predicted molar refractivity (Wildman–Crippen MR) is 76.7 cm³/mol. The number of benzene rings is 2. The summed E-state index contributed by atoms with van der Waals surface area (Å²) in [6.07, 6.45) is 0. The number of methoxy groups -OCH3 is 1. The van der Waals surface area contributed by atoms with E-state index in [0.29, 0.717) is 5.56 Å². The van der Waals surface area contributed by atoms with Gasteiger partial charge in [0, 0.05) is 12.7 Å². The van der Waals surface area contributed by atoms with E-state index >= 15 is 0 Å². The van der Waals surface area contributed by atoms with Gasteiger partial charge < -0.3 is 14.2 Å². The van der Waals surface area contributed by atoms with Gasteiger partial charge in [0.05, 0.1) is 6.61 Å². The van der Waals surface area contributed by atoms with Gasteiger partial charge in [-0.1, -0.05) is 60.7 Å². The molecule has 2 aromatic carbocycles.